The minimum absolute atomic E-state index is 0.0119. The molecule has 0 aromatic carbocycles. The summed E-state index contributed by atoms with van der Waals surface area (Å²) < 4.78 is 0. The van der Waals surface area contributed by atoms with Crippen LogP contribution >= 0.6 is 0 Å². The number of fused-ring (bicyclic) bond motifs is 7. The molecule has 5 aliphatic rings. The highest BCUT2D eigenvalue weighted by molar-refractivity contribution is 5.24. The summed E-state index contributed by atoms with van der Waals surface area (Å²) in [5.41, 5.74) is 9.32. The van der Waals surface area contributed by atoms with Gasteiger partial charge in [0, 0.05) is 12.1 Å². The van der Waals surface area contributed by atoms with Crippen molar-refractivity contribution in [3.05, 3.63) is 12.2 Å². The molecule has 32 heavy (non-hydrogen) atoms. The number of hydrogen-bond acceptors (Lipinski definition) is 3. The van der Waals surface area contributed by atoms with Gasteiger partial charge in [0.2, 0.25) is 0 Å². The lowest BCUT2D eigenvalue weighted by molar-refractivity contribution is -0.224. The quantitative estimate of drug-likeness (QED) is 0.480. The fourth-order valence-electron chi connectivity index (χ4n) is 11.2. The van der Waals surface area contributed by atoms with Crippen LogP contribution in [0.25, 0.3) is 0 Å². The van der Waals surface area contributed by atoms with Crippen molar-refractivity contribution in [3.8, 4) is 0 Å². The molecule has 5 rings (SSSR count). The molecule has 0 saturated heterocycles. The van der Waals surface area contributed by atoms with Crippen LogP contribution in [-0.2, 0) is 0 Å². The Morgan fingerprint density at radius 1 is 0.906 bits per heavy atom. The van der Waals surface area contributed by atoms with Gasteiger partial charge in [0.05, 0.1) is 6.10 Å². The summed E-state index contributed by atoms with van der Waals surface area (Å²) in [6.07, 6.45) is 11.2. The van der Waals surface area contributed by atoms with Gasteiger partial charge >= 0.3 is 0 Å². The third-order valence-electron chi connectivity index (χ3n) is 13.0. The molecule has 0 spiro atoms. The van der Waals surface area contributed by atoms with Crippen LogP contribution in [0.1, 0.15) is 98.8 Å². The molecule has 0 aromatic heterocycles. The summed E-state index contributed by atoms with van der Waals surface area (Å²) in [6, 6.07) is 0. The van der Waals surface area contributed by atoms with E-state index in [0.717, 1.165) is 32.1 Å². The van der Waals surface area contributed by atoms with Crippen LogP contribution in [0.4, 0.5) is 0 Å². The van der Waals surface area contributed by atoms with Gasteiger partial charge in [-0.2, -0.15) is 0 Å². The number of hydrogen-bond donors (Lipinski definition) is 3. The van der Waals surface area contributed by atoms with Crippen LogP contribution in [0.5, 0.6) is 0 Å². The summed E-state index contributed by atoms with van der Waals surface area (Å²) in [4.78, 5) is 0. The summed E-state index contributed by atoms with van der Waals surface area (Å²) in [5.74, 6) is 2.72. The van der Waals surface area contributed by atoms with Gasteiger partial charge < -0.3 is 15.9 Å². The molecule has 182 valence electrons. The van der Waals surface area contributed by atoms with Gasteiger partial charge in [-0.1, -0.05) is 39.8 Å². The lowest BCUT2D eigenvalue weighted by Gasteiger charge is -2.72. The predicted molar refractivity (Wildman–Crippen MR) is 131 cm³/mol. The van der Waals surface area contributed by atoms with Crippen LogP contribution in [-0.4, -0.2) is 28.5 Å². The van der Waals surface area contributed by atoms with E-state index in [4.69, 9.17) is 5.73 Å². The highest BCUT2D eigenvalue weighted by atomic mass is 16.3. The number of aliphatic hydroxyl groups is 2. The molecule has 0 bridgehead atoms. The summed E-state index contributed by atoms with van der Waals surface area (Å²) in [6.45, 7) is 16.7. The van der Waals surface area contributed by atoms with E-state index < -0.39 is 0 Å². The first-order valence-corrected chi connectivity index (χ1v) is 13.6. The first kappa shape index (κ1) is 23.4. The summed E-state index contributed by atoms with van der Waals surface area (Å²) in [5, 5.41) is 21.5. The Morgan fingerprint density at radius 3 is 2.28 bits per heavy atom. The second-order valence-corrected chi connectivity index (χ2v) is 14.2. The first-order chi connectivity index (χ1) is 14.9. The van der Waals surface area contributed by atoms with Gasteiger partial charge in [-0.3, -0.25) is 0 Å². The van der Waals surface area contributed by atoms with Gasteiger partial charge in [-0.25, -0.2) is 0 Å². The maximum atomic E-state index is 10.9. The minimum atomic E-state index is -0.178. The molecular formula is C29H49NO2. The monoisotopic (exact) mass is 443 g/mol. The molecule has 4 N–H and O–H groups in total. The summed E-state index contributed by atoms with van der Waals surface area (Å²) >= 11 is 0. The van der Waals surface area contributed by atoms with E-state index in [1.165, 1.54) is 37.7 Å². The van der Waals surface area contributed by atoms with Crippen molar-refractivity contribution in [3.63, 3.8) is 0 Å². The van der Waals surface area contributed by atoms with E-state index in [2.05, 4.69) is 41.2 Å². The number of allylic oxidation sites excluding steroid dienone is 1. The van der Waals surface area contributed by atoms with E-state index in [-0.39, 0.29) is 33.3 Å². The van der Waals surface area contributed by atoms with Crippen LogP contribution in [0.15, 0.2) is 12.2 Å². The first-order valence-electron chi connectivity index (χ1n) is 13.6. The van der Waals surface area contributed by atoms with E-state index in [9.17, 15) is 10.2 Å². The van der Waals surface area contributed by atoms with Crippen molar-refractivity contribution in [1.29, 1.82) is 0 Å². The van der Waals surface area contributed by atoms with Crippen LogP contribution in [0.3, 0.4) is 0 Å². The molecule has 5 saturated carbocycles. The lowest BCUT2D eigenvalue weighted by Crippen LogP contribution is -2.74. The van der Waals surface area contributed by atoms with Gasteiger partial charge in [-0.05, 0) is 122 Å². The molecule has 5 fully saturated rings. The molecule has 2 unspecified atom stereocenters. The summed E-state index contributed by atoms with van der Waals surface area (Å²) in [7, 11) is 0. The Hall–Kier alpha value is -0.380. The van der Waals surface area contributed by atoms with E-state index in [1.807, 2.05) is 0 Å². The van der Waals surface area contributed by atoms with Crippen LogP contribution in [0.2, 0.25) is 0 Å². The van der Waals surface area contributed by atoms with E-state index in [1.54, 1.807) is 0 Å². The molecule has 0 aromatic rings. The number of nitrogens with two attached hydrogens (primary N) is 1. The Morgan fingerprint density at radius 2 is 1.62 bits per heavy atom. The third kappa shape index (κ3) is 2.65. The van der Waals surface area contributed by atoms with Gasteiger partial charge in [-0.15, -0.1) is 0 Å². The highest BCUT2D eigenvalue weighted by Gasteiger charge is 2.71. The van der Waals surface area contributed by atoms with Crippen molar-refractivity contribution < 1.29 is 10.2 Å². The molecule has 3 nitrogen and oxygen atoms in total. The Kier molecular flexibility index (Phi) is 5.17. The van der Waals surface area contributed by atoms with Crippen molar-refractivity contribution >= 4 is 0 Å². The standard InChI is InChI=1S/C29H49NO2/c1-18(2)19-9-14-28(17-31)15-16-29(30)20(24(19)28)7-8-22-26(5)12-11-23(32)25(3,4)21(26)10-13-27(22,29)6/h19-24,31-32H,1,7-17,30H2,2-6H3/t19?,20-,21+,22-,23+,24-,26+,27-,28?,29+/m1/s1. The van der Waals surface area contributed by atoms with Crippen molar-refractivity contribution in [1.82, 2.24) is 0 Å². The van der Waals surface area contributed by atoms with Crippen LogP contribution < -0.4 is 5.73 Å². The maximum absolute atomic E-state index is 10.9. The Bertz CT molecular complexity index is 792. The molecule has 0 amide bonds. The second-order valence-electron chi connectivity index (χ2n) is 14.2. The SMILES string of the molecule is C=C(C)C1CCC2(CO)CC[C@]3(N)[C@H](CC[C@@H]4[C@@]5(C)CC[C@H](O)C(C)(C)[C@@H]5CC[C@]43C)[C@@H]12. The van der Waals surface area contributed by atoms with Crippen molar-refractivity contribution in [2.24, 2.45) is 57.0 Å². The smallest absolute Gasteiger partial charge is 0.0594 e. The normalized spacial score (nSPS) is 56.5. The van der Waals surface area contributed by atoms with E-state index >= 15 is 0 Å². The zero-order valence-electron chi connectivity index (χ0n) is 21.4. The lowest BCUT2D eigenvalue weighted by atomic mass is 9.34. The maximum Gasteiger partial charge on any atom is 0.0594 e. The van der Waals surface area contributed by atoms with Gasteiger partial charge in [0.25, 0.3) is 0 Å². The Labute approximate surface area is 196 Å². The zero-order valence-corrected chi connectivity index (χ0v) is 21.4. The topological polar surface area (TPSA) is 66.5 Å². The van der Waals surface area contributed by atoms with Crippen molar-refractivity contribution in [2.45, 2.75) is 110 Å². The van der Waals surface area contributed by atoms with Crippen LogP contribution in [0, 0.1) is 51.2 Å². The molecule has 10 atom stereocenters. The predicted octanol–water partition coefficient (Wildman–Crippen LogP) is 5.69. The van der Waals surface area contributed by atoms with E-state index in [0.29, 0.717) is 36.2 Å². The number of aliphatic hydroxyl groups excluding tert-OH is 2. The Balaban J connectivity index is 1.55. The average Bonchev–Trinajstić information content (AvgIpc) is 3.12. The largest absolute Gasteiger partial charge is 0.396 e. The molecule has 0 heterocycles. The third-order valence-corrected chi connectivity index (χ3v) is 13.0. The fraction of sp³-hybridized carbons (Fsp3) is 0.931. The highest BCUT2D eigenvalue weighted by Crippen LogP contribution is 2.74. The molecular weight excluding hydrogens is 394 g/mol. The molecule has 0 aliphatic heterocycles. The fourth-order valence-corrected chi connectivity index (χ4v) is 11.2. The molecule has 0 radical (unpaired) electrons. The number of rotatable bonds is 2. The second kappa shape index (κ2) is 7.08. The van der Waals surface area contributed by atoms with Gasteiger partial charge in [0.1, 0.15) is 0 Å². The van der Waals surface area contributed by atoms with Gasteiger partial charge in [0.15, 0.2) is 0 Å². The average molecular weight is 444 g/mol. The minimum Gasteiger partial charge on any atom is -0.396 e. The molecule has 5 aliphatic carbocycles. The zero-order chi connectivity index (χ0) is 23.3. The molecule has 3 heteroatoms. The van der Waals surface area contributed by atoms with Crippen molar-refractivity contribution in [2.75, 3.05) is 6.61 Å².